The van der Waals surface area contributed by atoms with E-state index in [4.69, 9.17) is 15.9 Å². The molecular formula is C22H32N4O4S. The first-order chi connectivity index (χ1) is 14.9. The lowest BCUT2D eigenvalue weighted by atomic mass is 9.95. The average Bonchev–Trinajstić information content (AvgIpc) is 2.99. The summed E-state index contributed by atoms with van der Waals surface area (Å²) < 4.78 is 0. The fourth-order valence-corrected chi connectivity index (χ4v) is 5.15. The Hall–Kier alpha value is -2.23. The number of nitrogens with two attached hydrogens (primary N) is 1. The Balaban J connectivity index is 1.70. The second-order valence-electron chi connectivity index (χ2n) is 8.12. The van der Waals surface area contributed by atoms with E-state index in [9.17, 15) is 9.59 Å². The van der Waals surface area contributed by atoms with E-state index < -0.39 is 0 Å². The summed E-state index contributed by atoms with van der Waals surface area (Å²) in [6.45, 7) is 4.56. The van der Waals surface area contributed by atoms with Gasteiger partial charge in [0.2, 0.25) is 11.8 Å². The Kier molecular flexibility index (Phi) is 8.22. The van der Waals surface area contributed by atoms with Crippen LogP contribution in [0.25, 0.3) is 6.08 Å². The Morgan fingerprint density at radius 3 is 2.74 bits per heavy atom. The zero-order chi connectivity index (χ0) is 22.4. The van der Waals surface area contributed by atoms with Gasteiger partial charge >= 0.3 is 0 Å². The molecule has 3 rings (SSSR count). The zero-order valence-electron chi connectivity index (χ0n) is 18.0. The molecule has 2 aliphatic heterocycles. The third-order valence-corrected chi connectivity index (χ3v) is 6.59. The quantitative estimate of drug-likeness (QED) is 0.501. The second kappa shape index (κ2) is 10.9. The number of aliphatic hydroxyl groups is 2. The lowest BCUT2D eigenvalue weighted by molar-refractivity contribution is -0.138. The van der Waals surface area contributed by atoms with Crippen LogP contribution in [0.5, 0.6) is 0 Å². The van der Waals surface area contributed by atoms with Gasteiger partial charge in [0.05, 0.1) is 17.2 Å². The molecule has 2 amide bonds. The van der Waals surface area contributed by atoms with Crippen LogP contribution >= 0.6 is 11.3 Å². The molecule has 1 aromatic rings. The number of hydrogen-bond donors (Lipinski definition) is 3. The van der Waals surface area contributed by atoms with Crippen LogP contribution in [-0.4, -0.2) is 77.1 Å². The third kappa shape index (κ3) is 5.93. The van der Waals surface area contributed by atoms with Crippen molar-refractivity contribution < 1.29 is 19.8 Å². The Morgan fingerprint density at radius 1 is 1.29 bits per heavy atom. The molecule has 2 aliphatic rings. The molecule has 0 saturated carbocycles. The molecule has 1 saturated heterocycles. The summed E-state index contributed by atoms with van der Waals surface area (Å²) in [5.74, 6) is 0.774. The number of nitrogens with zero attached hydrogens (tertiary/aromatic N) is 3. The number of rotatable bonds is 10. The summed E-state index contributed by atoms with van der Waals surface area (Å²) in [6.07, 6.45) is 4.67. The molecule has 0 spiro atoms. The van der Waals surface area contributed by atoms with E-state index in [2.05, 4.69) is 4.99 Å². The third-order valence-electron chi connectivity index (χ3n) is 5.50. The topological polar surface area (TPSA) is 119 Å². The minimum Gasteiger partial charge on any atom is -0.396 e. The van der Waals surface area contributed by atoms with Crippen molar-refractivity contribution in [1.29, 1.82) is 0 Å². The molecule has 170 valence electrons. The number of hydrogen-bond acceptors (Lipinski definition) is 7. The van der Waals surface area contributed by atoms with Gasteiger partial charge in [-0.05, 0) is 37.3 Å². The van der Waals surface area contributed by atoms with Gasteiger partial charge < -0.3 is 25.7 Å². The van der Waals surface area contributed by atoms with Crippen molar-refractivity contribution in [3.8, 4) is 0 Å². The number of carbonyl (C=O) groups excluding carboxylic acids is 2. The van der Waals surface area contributed by atoms with Crippen molar-refractivity contribution in [1.82, 2.24) is 9.80 Å². The van der Waals surface area contributed by atoms with Crippen LogP contribution in [0.1, 0.15) is 42.4 Å². The van der Waals surface area contributed by atoms with Crippen molar-refractivity contribution in [3.63, 3.8) is 0 Å². The molecule has 0 bridgehead atoms. The highest BCUT2D eigenvalue weighted by molar-refractivity contribution is 7.13. The first-order valence-corrected chi connectivity index (χ1v) is 11.7. The summed E-state index contributed by atoms with van der Waals surface area (Å²) >= 11 is 1.62. The number of carbonyl (C=O) groups is 2. The maximum Gasteiger partial charge on any atom is 0.250 e. The maximum absolute atomic E-state index is 13.1. The number of aliphatic imine (C=N–C) groups is 1. The predicted octanol–water partition coefficient (Wildman–Crippen LogP) is 1.53. The van der Waals surface area contributed by atoms with E-state index in [1.807, 2.05) is 19.1 Å². The summed E-state index contributed by atoms with van der Waals surface area (Å²) in [7, 11) is 0. The van der Waals surface area contributed by atoms with Crippen molar-refractivity contribution >= 4 is 40.8 Å². The summed E-state index contributed by atoms with van der Waals surface area (Å²) in [5.41, 5.74) is 7.54. The minimum absolute atomic E-state index is 0.00186. The van der Waals surface area contributed by atoms with Gasteiger partial charge in [0.25, 0.3) is 0 Å². The number of likely N-dealkylation sites (tertiary alicyclic amines) is 1. The molecule has 31 heavy (non-hydrogen) atoms. The number of fused-ring (bicyclic) bond motifs is 1. The van der Waals surface area contributed by atoms with Crippen LogP contribution in [-0.2, 0) is 16.0 Å². The van der Waals surface area contributed by atoms with Crippen LogP contribution in [0.2, 0.25) is 0 Å². The van der Waals surface area contributed by atoms with Crippen LogP contribution < -0.4 is 5.73 Å². The number of amidine groups is 1. The van der Waals surface area contributed by atoms with E-state index in [1.165, 1.54) is 0 Å². The molecule has 0 unspecified atom stereocenters. The van der Waals surface area contributed by atoms with Gasteiger partial charge in [-0.1, -0.05) is 6.92 Å². The van der Waals surface area contributed by atoms with E-state index in [0.29, 0.717) is 56.3 Å². The van der Waals surface area contributed by atoms with Gasteiger partial charge in [0.15, 0.2) is 0 Å². The van der Waals surface area contributed by atoms with Crippen LogP contribution in [0, 0.1) is 5.92 Å². The number of thiophene rings is 1. The van der Waals surface area contributed by atoms with Gasteiger partial charge in [-0.15, -0.1) is 11.3 Å². The number of amides is 2. The smallest absolute Gasteiger partial charge is 0.250 e. The predicted molar refractivity (Wildman–Crippen MR) is 122 cm³/mol. The first-order valence-electron chi connectivity index (χ1n) is 10.9. The average molecular weight is 449 g/mol. The van der Waals surface area contributed by atoms with Crippen LogP contribution in [0.4, 0.5) is 5.69 Å². The van der Waals surface area contributed by atoms with E-state index in [-0.39, 0.29) is 31.4 Å². The fourth-order valence-electron chi connectivity index (χ4n) is 3.96. The van der Waals surface area contributed by atoms with Crippen LogP contribution in [0.3, 0.4) is 0 Å². The van der Waals surface area contributed by atoms with E-state index in [0.717, 1.165) is 28.3 Å². The SMILES string of the molecule is CCCN(CCCO)C(=O)C1=Cc2sc(CC3CN(C(=O)CCO)C3)cc2N=C(N)C1. The molecule has 0 aromatic carbocycles. The maximum atomic E-state index is 13.1. The lowest BCUT2D eigenvalue weighted by Gasteiger charge is -2.39. The molecule has 4 N–H and O–H groups in total. The zero-order valence-corrected chi connectivity index (χ0v) is 18.9. The fraction of sp³-hybridized carbons (Fsp3) is 0.591. The molecule has 9 heteroatoms. The van der Waals surface area contributed by atoms with Gasteiger partial charge in [0, 0.05) is 56.1 Å². The highest BCUT2D eigenvalue weighted by Crippen LogP contribution is 2.36. The van der Waals surface area contributed by atoms with Gasteiger partial charge in [-0.3, -0.25) is 9.59 Å². The van der Waals surface area contributed by atoms with E-state index in [1.54, 1.807) is 21.1 Å². The molecule has 0 aliphatic carbocycles. The Labute approximate surface area is 187 Å². The largest absolute Gasteiger partial charge is 0.396 e. The summed E-state index contributed by atoms with van der Waals surface area (Å²) in [4.78, 5) is 35.1. The van der Waals surface area contributed by atoms with E-state index >= 15 is 0 Å². The lowest BCUT2D eigenvalue weighted by Crippen LogP contribution is -2.50. The molecule has 0 atom stereocenters. The second-order valence-corrected chi connectivity index (χ2v) is 9.29. The van der Waals surface area contributed by atoms with Gasteiger partial charge in [-0.2, -0.15) is 0 Å². The molecule has 1 aromatic heterocycles. The highest BCUT2D eigenvalue weighted by Gasteiger charge is 2.31. The molecule has 1 fully saturated rings. The van der Waals surface area contributed by atoms with Crippen molar-refractivity contribution in [2.75, 3.05) is 39.4 Å². The molecular weight excluding hydrogens is 416 g/mol. The van der Waals surface area contributed by atoms with Crippen molar-refractivity contribution in [3.05, 3.63) is 21.4 Å². The summed E-state index contributed by atoms with van der Waals surface area (Å²) in [6, 6.07) is 2.03. The molecule has 3 heterocycles. The highest BCUT2D eigenvalue weighted by atomic mass is 32.1. The molecule has 8 nitrogen and oxygen atoms in total. The first kappa shape index (κ1) is 23.4. The van der Waals surface area contributed by atoms with Gasteiger partial charge in [0.1, 0.15) is 5.84 Å². The Bertz CT molecular complexity index is 858. The van der Waals surface area contributed by atoms with Crippen LogP contribution in [0.15, 0.2) is 16.6 Å². The van der Waals surface area contributed by atoms with Crippen molar-refractivity contribution in [2.24, 2.45) is 16.6 Å². The molecule has 0 radical (unpaired) electrons. The number of aliphatic hydroxyl groups excluding tert-OH is 2. The van der Waals surface area contributed by atoms with Crippen molar-refractivity contribution in [2.45, 2.75) is 39.0 Å². The minimum atomic E-state index is -0.111. The summed E-state index contributed by atoms with van der Waals surface area (Å²) in [5, 5.41) is 18.0. The van der Waals surface area contributed by atoms with Gasteiger partial charge in [-0.25, -0.2) is 4.99 Å². The Morgan fingerprint density at radius 2 is 2.06 bits per heavy atom. The standard InChI is InChI=1S/C22H32N4O4S/c1-2-5-25(6-3-7-27)22(30)16-10-19-18(24-20(23)11-16)12-17(31-19)9-15-13-26(14-15)21(29)4-8-28/h10,12,15,27-28H,2-9,11,13-14H2,1H3,(H2,23,24). The monoisotopic (exact) mass is 448 g/mol. The normalized spacial score (nSPS) is 16.2.